The predicted molar refractivity (Wildman–Crippen MR) is 101 cm³/mol. The van der Waals surface area contributed by atoms with Gasteiger partial charge in [0.15, 0.2) is 0 Å². The monoisotopic (exact) mass is 354 g/mol. The highest BCUT2D eigenvalue weighted by molar-refractivity contribution is 5.94. The second kappa shape index (κ2) is 9.29. The van der Waals surface area contributed by atoms with Crippen LogP contribution in [0.2, 0.25) is 0 Å². The summed E-state index contributed by atoms with van der Waals surface area (Å²) in [6, 6.07) is 7.71. The number of methoxy groups -OCH3 is 1. The van der Waals surface area contributed by atoms with E-state index in [-0.39, 0.29) is 5.91 Å². The molecular weight excluding hydrogens is 328 g/mol. The topological polar surface area (TPSA) is 67.3 Å². The first kappa shape index (κ1) is 18.3. The van der Waals surface area contributed by atoms with Crippen LogP contribution in [0.1, 0.15) is 28.8 Å². The molecule has 1 N–H and O–H groups in total. The Morgan fingerprint density at radius 2 is 2.27 bits per heavy atom. The summed E-state index contributed by atoms with van der Waals surface area (Å²) >= 11 is 0. The zero-order valence-corrected chi connectivity index (χ0v) is 15.2. The van der Waals surface area contributed by atoms with E-state index in [0.717, 1.165) is 44.7 Å². The van der Waals surface area contributed by atoms with Crippen molar-refractivity contribution in [2.24, 2.45) is 5.92 Å². The number of carbonyl (C=O) groups excluding carboxylic acids is 1. The molecule has 1 saturated heterocycles. The molecule has 2 aromatic rings. The van der Waals surface area contributed by atoms with Gasteiger partial charge >= 0.3 is 0 Å². The Hall–Kier alpha value is -2.47. The summed E-state index contributed by atoms with van der Waals surface area (Å²) in [6.45, 7) is 3.06. The third-order valence-corrected chi connectivity index (χ3v) is 4.66. The van der Waals surface area contributed by atoms with Crippen LogP contribution in [0.25, 0.3) is 0 Å². The number of amides is 1. The fourth-order valence-corrected chi connectivity index (χ4v) is 3.31. The third kappa shape index (κ3) is 5.02. The van der Waals surface area contributed by atoms with Gasteiger partial charge in [0.05, 0.1) is 12.2 Å². The minimum atomic E-state index is 0.0558. The maximum Gasteiger partial charge on any atom is 0.255 e. The van der Waals surface area contributed by atoms with Gasteiger partial charge < -0.3 is 15.0 Å². The average Bonchev–Trinajstić information content (AvgIpc) is 2.69. The number of pyridine rings is 2. The predicted octanol–water partition coefficient (Wildman–Crippen LogP) is 2.63. The molecule has 1 aliphatic rings. The van der Waals surface area contributed by atoms with E-state index in [0.29, 0.717) is 18.1 Å². The molecule has 6 heteroatoms. The Morgan fingerprint density at radius 1 is 1.35 bits per heavy atom. The number of piperidine rings is 1. The summed E-state index contributed by atoms with van der Waals surface area (Å²) in [6.07, 6.45) is 8.33. The lowest BCUT2D eigenvalue weighted by molar-refractivity contribution is 0.0570. The minimum absolute atomic E-state index is 0.0558. The van der Waals surface area contributed by atoms with Gasteiger partial charge in [0.2, 0.25) is 0 Å². The summed E-state index contributed by atoms with van der Waals surface area (Å²) in [5, 5.41) is 3.28. The van der Waals surface area contributed by atoms with Gasteiger partial charge in [-0.3, -0.25) is 9.78 Å². The molecular formula is C20H26N4O2. The van der Waals surface area contributed by atoms with E-state index < -0.39 is 0 Å². The first-order valence-corrected chi connectivity index (χ1v) is 9.13. The summed E-state index contributed by atoms with van der Waals surface area (Å²) in [4.78, 5) is 23.1. The zero-order chi connectivity index (χ0) is 18.2. The molecule has 1 aliphatic heterocycles. The number of nitrogens with one attached hydrogen (secondary N) is 1. The second-order valence-electron chi connectivity index (χ2n) is 6.68. The van der Waals surface area contributed by atoms with Gasteiger partial charge in [-0.25, -0.2) is 4.98 Å². The highest BCUT2D eigenvalue weighted by Crippen LogP contribution is 2.19. The molecule has 0 unspecified atom stereocenters. The van der Waals surface area contributed by atoms with E-state index in [1.54, 1.807) is 19.5 Å². The number of rotatable bonds is 7. The van der Waals surface area contributed by atoms with Crippen molar-refractivity contribution >= 4 is 11.7 Å². The van der Waals surface area contributed by atoms with Crippen molar-refractivity contribution < 1.29 is 9.53 Å². The highest BCUT2D eigenvalue weighted by Gasteiger charge is 2.24. The lowest BCUT2D eigenvalue weighted by atomic mass is 9.98. The lowest BCUT2D eigenvalue weighted by Gasteiger charge is -2.32. The fourth-order valence-electron chi connectivity index (χ4n) is 3.31. The number of hydrogen-bond acceptors (Lipinski definition) is 5. The maximum atomic E-state index is 12.7. The Labute approximate surface area is 154 Å². The van der Waals surface area contributed by atoms with Gasteiger partial charge in [-0.05, 0) is 48.9 Å². The maximum absolute atomic E-state index is 12.7. The van der Waals surface area contributed by atoms with E-state index in [2.05, 4.69) is 21.4 Å². The molecule has 0 spiro atoms. The van der Waals surface area contributed by atoms with Gasteiger partial charge in [0.1, 0.15) is 5.82 Å². The number of hydrogen-bond donors (Lipinski definition) is 1. The van der Waals surface area contributed by atoms with Crippen molar-refractivity contribution in [3.8, 4) is 0 Å². The van der Waals surface area contributed by atoms with Crippen molar-refractivity contribution in [1.82, 2.24) is 14.9 Å². The Balaban J connectivity index is 1.51. The van der Waals surface area contributed by atoms with Crippen LogP contribution in [0.15, 0.2) is 42.9 Å². The lowest BCUT2D eigenvalue weighted by Crippen LogP contribution is -2.41. The minimum Gasteiger partial charge on any atom is -0.384 e. The molecule has 138 valence electrons. The zero-order valence-electron chi connectivity index (χ0n) is 15.2. The molecule has 1 fully saturated rings. The summed E-state index contributed by atoms with van der Waals surface area (Å²) in [5.41, 5.74) is 1.82. The molecule has 3 rings (SSSR count). The van der Waals surface area contributed by atoms with Crippen molar-refractivity contribution in [3.05, 3.63) is 54.0 Å². The van der Waals surface area contributed by atoms with Crippen LogP contribution in [-0.4, -0.2) is 54.1 Å². The Bertz CT molecular complexity index is 689. The van der Waals surface area contributed by atoms with Crippen LogP contribution in [0.3, 0.4) is 0 Å². The molecule has 0 aromatic carbocycles. The van der Waals surface area contributed by atoms with E-state index >= 15 is 0 Å². The number of likely N-dealkylation sites (tertiary alicyclic amines) is 1. The molecule has 0 aliphatic carbocycles. The Morgan fingerprint density at radius 3 is 3.00 bits per heavy atom. The number of aromatic nitrogens is 2. The van der Waals surface area contributed by atoms with Gasteiger partial charge in [0.25, 0.3) is 5.91 Å². The van der Waals surface area contributed by atoms with Crippen LogP contribution in [0, 0.1) is 5.92 Å². The van der Waals surface area contributed by atoms with Crippen LogP contribution in [0.5, 0.6) is 0 Å². The van der Waals surface area contributed by atoms with Crippen LogP contribution >= 0.6 is 0 Å². The number of carbonyl (C=O) groups is 1. The van der Waals surface area contributed by atoms with Gasteiger partial charge in [0, 0.05) is 45.3 Å². The van der Waals surface area contributed by atoms with E-state index in [9.17, 15) is 4.79 Å². The van der Waals surface area contributed by atoms with E-state index in [4.69, 9.17) is 4.74 Å². The van der Waals surface area contributed by atoms with Crippen molar-refractivity contribution in [2.75, 3.05) is 38.7 Å². The van der Waals surface area contributed by atoms with E-state index in [1.807, 2.05) is 29.3 Å². The summed E-state index contributed by atoms with van der Waals surface area (Å²) < 4.78 is 5.24. The summed E-state index contributed by atoms with van der Waals surface area (Å²) in [5.74, 6) is 1.26. The van der Waals surface area contributed by atoms with Crippen molar-refractivity contribution in [2.45, 2.75) is 19.3 Å². The fraction of sp³-hybridized carbons (Fsp3) is 0.450. The quantitative estimate of drug-likeness (QED) is 0.828. The largest absolute Gasteiger partial charge is 0.384 e. The number of nitrogens with zero attached hydrogens (tertiary/aromatic N) is 3. The highest BCUT2D eigenvalue weighted by atomic mass is 16.5. The SMILES string of the molecule is COC[C@H]1CCCN(C(=O)c2ccc(NCCc3cccnc3)nc2)C1. The van der Waals surface area contributed by atoms with Crippen LogP contribution in [-0.2, 0) is 11.2 Å². The molecule has 1 amide bonds. The van der Waals surface area contributed by atoms with Crippen molar-refractivity contribution in [1.29, 1.82) is 0 Å². The van der Waals surface area contributed by atoms with Crippen LogP contribution in [0.4, 0.5) is 5.82 Å². The van der Waals surface area contributed by atoms with Gasteiger partial charge in [-0.15, -0.1) is 0 Å². The van der Waals surface area contributed by atoms with Gasteiger partial charge in [-0.2, -0.15) is 0 Å². The molecule has 26 heavy (non-hydrogen) atoms. The first-order chi connectivity index (χ1) is 12.8. The normalized spacial score (nSPS) is 17.1. The molecule has 0 bridgehead atoms. The van der Waals surface area contributed by atoms with Crippen LogP contribution < -0.4 is 5.32 Å². The number of ether oxygens (including phenoxy) is 1. The smallest absolute Gasteiger partial charge is 0.255 e. The molecule has 0 radical (unpaired) electrons. The first-order valence-electron chi connectivity index (χ1n) is 9.13. The molecule has 6 nitrogen and oxygen atoms in total. The van der Waals surface area contributed by atoms with E-state index in [1.165, 1.54) is 5.56 Å². The summed E-state index contributed by atoms with van der Waals surface area (Å²) in [7, 11) is 1.71. The average molecular weight is 354 g/mol. The molecule has 1 atom stereocenters. The standard InChI is InChI=1S/C20H26N4O2/c1-26-15-17-5-3-11-24(14-17)20(25)18-6-7-19(23-13-18)22-10-8-16-4-2-9-21-12-16/h2,4,6-7,9,12-13,17H,3,5,8,10-11,14-15H2,1H3,(H,22,23)/t17-/m0/s1. The van der Waals surface area contributed by atoms with Crippen molar-refractivity contribution in [3.63, 3.8) is 0 Å². The second-order valence-corrected chi connectivity index (χ2v) is 6.68. The number of anilines is 1. The van der Waals surface area contributed by atoms with Gasteiger partial charge in [-0.1, -0.05) is 6.07 Å². The molecule has 0 saturated carbocycles. The molecule has 3 heterocycles. The Kier molecular flexibility index (Phi) is 6.55. The third-order valence-electron chi connectivity index (χ3n) is 4.66. The molecule has 2 aromatic heterocycles.